The zero-order valence-corrected chi connectivity index (χ0v) is 17.0. The van der Waals surface area contributed by atoms with Gasteiger partial charge >= 0.3 is 0 Å². The number of fused-ring (bicyclic) bond motifs is 1. The molecule has 1 saturated carbocycles. The number of hydrogen-bond donors (Lipinski definition) is 2. The van der Waals surface area contributed by atoms with Crippen LogP contribution in [0, 0.1) is 11.8 Å². The molecular weight excluding hydrogens is 354 g/mol. The van der Waals surface area contributed by atoms with E-state index in [2.05, 4.69) is 27.5 Å². The summed E-state index contributed by atoms with van der Waals surface area (Å²) in [6.07, 6.45) is 11.0. The highest BCUT2D eigenvalue weighted by Crippen LogP contribution is 2.36. The average molecular weight is 388 g/mol. The molecule has 4 rings (SSSR count). The highest BCUT2D eigenvalue weighted by molar-refractivity contribution is 8.00. The van der Waals surface area contributed by atoms with E-state index in [9.17, 15) is 8.42 Å². The van der Waals surface area contributed by atoms with Crippen LogP contribution in [0.15, 0.2) is 0 Å². The van der Waals surface area contributed by atoms with Gasteiger partial charge in [-0.15, -0.1) is 0 Å². The van der Waals surface area contributed by atoms with Crippen LogP contribution in [0.25, 0.3) is 0 Å². The second-order valence-electron chi connectivity index (χ2n) is 8.57. The molecule has 25 heavy (non-hydrogen) atoms. The Morgan fingerprint density at radius 3 is 2.48 bits per heavy atom. The first-order chi connectivity index (χ1) is 12.0. The van der Waals surface area contributed by atoms with Crippen LogP contribution in [-0.4, -0.2) is 61.2 Å². The summed E-state index contributed by atoms with van der Waals surface area (Å²) in [5, 5.41) is 7.15. The Labute approximate surface area is 156 Å². The third-order valence-electron chi connectivity index (χ3n) is 6.89. The molecule has 3 heterocycles. The molecule has 3 aliphatic heterocycles. The molecule has 4 aliphatic rings. The molecule has 4 fully saturated rings. The molecular formula is C18H33N3O2S2. The number of nitrogens with zero attached hydrogens (tertiary/aromatic N) is 1. The topological polar surface area (TPSA) is 61.4 Å². The van der Waals surface area contributed by atoms with Gasteiger partial charge in [-0.2, -0.15) is 11.8 Å². The Kier molecular flexibility index (Phi) is 5.68. The Balaban J connectivity index is 1.32. The molecule has 2 N–H and O–H groups in total. The molecule has 4 unspecified atom stereocenters. The summed E-state index contributed by atoms with van der Waals surface area (Å²) in [5.74, 6) is 2.71. The summed E-state index contributed by atoms with van der Waals surface area (Å²) >= 11 is 2.13. The largest absolute Gasteiger partial charge is 0.297 e. The van der Waals surface area contributed by atoms with E-state index in [4.69, 9.17) is 0 Å². The van der Waals surface area contributed by atoms with Gasteiger partial charge in [0.2, 0.25) is 0 Å². The standard InChI is InChI=1S/C18H33N3O2S2/c1-25(22,23)16-7-4-13(5-8-16)17-9-6-14-11-19-21(18(14)20-17)12-15-3-2-10-24-15/h13-20H,2-12H2,1H3. The van der Waals surface area contributed by atoms with E-state index in [1.54, 1.807) is 0 Å². The molecule has 0 aromatic heterocycles. The predicted molar refractivity (Wildman–Crippen MR) is 104 cm³/mol. The zero-order valence-electron chi connectivity index (χ0n) is 15.3. The van der Waals surface area contributed by atoms with E-state index in [1.807, 2.05) is 0 Å². The molecule has 0 aromatic carbocycles. The Morgan fingerprint density at radius 2 is 1.80 bits per heavy atom. The van der Waals surface area contributed by atoms with Crippen LogP contribution in [0.1, 0.15) is 51.4 Å². The summed E-state index contributed by atoms with van der Waals surface area (Å²) in [5.41, 5.74) is 3.65. The Morgan fingerprint density at radius 1 is 1.04 bits per heavy atom. The van der Waals surface area contributed by atoms with E-state index in [1.165, 1.54) is 37.7 Å². The minimum absolute atomic E-state index is 0.0934. The molecule has 0 aromatic rings. The van der Waals surface area contributed by atoms with Crippen molar-refractivity contribution in [2.75, 3.05) is 25.1 Å². The quantitative estimate of drug-likeness (QED) is 0.769. The van der Waals surface area contributed by atoms with Crippen LogP contribution >= 0.6 is 11.8 Å². The molecule has 144 valence electrons. The van der Waals surface area contributed by atoms with Crippen molar-refractivity contribution in [1.29, 1.82) is 0 Å². The molecule has 0 amide bonds. The first kappa shape index (κ1) is 18.5. The van der Waals surface area contributed by atoms with E-state index in [-0.39, 0.29) is 5.25 Å². The predicted octanol–water partition coefficient (Wildman–Crippen LogP) is 2.00. The van der Waals surface area contributed by atoms with Gasteiger partial charge in [0, 0.05) is 36.6 Å². The van der Waals surface area contributed by atoms with Gasteiger partial charge in [-0.3, -0.25) is 10.7 Å². The van der Waals surface area contributed by atoms with Crippen LogP contribution in [0.4, 0.5) is 0 Å². The van der Waals surface area contributed by atoms with Crippen molar-refractivity contribution >= 4 is 21.6 Å². The van der Waals surface area contributed by atoms with Gasteiger partial charge in [-0.05, 0) is 63.0 Å². The van der Waals surface area contributed by atoms with Crippen LogP contribution < -0.4 is 10.7 Å². The van der Waals surface area contributed by atoms with Gasteiger partial charge in [-0.25, -0.2) is 13.4 Å². The van der Waals surface area contributed by atoms with Gasteiger partial charge in [0.1, 0.15) is 9.84 Å². The van der Waals surface area contributed by atoms with E-state index in [0.717, 1.165) is 49.9 Å². The summed E-state index contributed by atoms with van der Waals surface area (Å²) in [6.45, 7) is 2.27. The number of hydrogen-bond acceptors (Lipinski definition) is 6. The van der Waals surface area contributed by atoms with Crippen molar-refractivity contribution in [3.63, 3.8) is 0 Å². The van der Waals surface area contributed by atoms with Crippen molar-refractivity contribution in [2.24, 2.45) is 11.8 Å². The number of thioether (sulfide) groups is 1. The molecule has 3 saturated heterocycles. The summed E-state index contributed by atoms with van der Waals surface area (Å²) in [4.78, 5) is 0. The molecule has 0 bridgehead atoms. The molecule has 0 spiro atoms. The average Bonchev–Trinajstić information content (AvgIpc) is 3.24. The van der Waals surface area contributed by atoms with Crippen molar-refractivity contribution in [3.05, 3.63) is 0 Å². The minimum Gasteiger partial charge on any atom is -0.297 e. The second kappa shape index (κ2) is 7.66. The summed E-state index contributed by atoms with van der Waals surface area (Å²) in [6, 6.07) is 0.570. The SMILES string of the molecule is CS(=O)(=O)C1CCC(C2CCC3CNN(CC4CCCS4)C3N2)CC1. The maximum atomic E-state index is 11.8. The third-order valence-corrected chi connectivity index (χ3v) is 9.95. The number of nitrogens with one attached hydrogen (secondary N) is 2. The smallest absolute Gasteiger partial charge is 0.150 e. The third kappa shape index (κ3) is 4.21. The molecule has 7 heteroatoms. The van der Waals surface area contributed by atoms with Crippen molar-refractivity contribution in [3.8, 4) is 0 Å². The number of sulfone groups is 1. The van der Waals surface area contributed by atoms with Crippen LogP contribution in [0.5, 0.6) is 0 Å². The fourth-order valence-electron chi connectivity index (χ4n) is 5.36. The lowest BCUT2D eigenvalue weighted by Crippen LogP contribution is -2.57. The van der Waals surface area contributed by atoms with E-state index < -0.39 is 9.84 Å². The zero-order chi connectivity index (χ0) is 17.4. The normalized spacial score (nSPS) is 43.2. The number of piperidine rings is 1. The summed E-state index contributed by atoms with van der Waals surface area (Å²) < 4.78 is 23.6. The Hall–Kier alpha value is 0.180. The van der Waals surface area contributed by atoms with E-state index in [0.29, 0.717) is 18.1 Å². The fraction of sp³-hybridized carbons (Fsp3) is 1.00. The first-order valence-corrected chi connectivity index (χ1v) is 13.1. The molecule has 1 aliphatic carbocycles. The number of hydrazine groups is 1. The van der Waals surface area contributed by atoms with Crippen LogP contribution in [0.2, 0.25) is 0 Å². The maximum absolute atomic E-state index is 11.8. The van der Waals surface area contributed by atoms with Gasteiger partial charge in [0.05, 0.1) is 11.4 Å². The number of rotatable bonds is 4. The monoisotopic (exact) mass is 387 g/mol. The van der Waals surface area contributed by atoms with Gasteiger partial charge in [-0.1, -0.05) is 0 Å². The van der Waals surface area contributed by atoms with Crippen molar-refractivity contribution in [2.45, 2.75) is 74.1 Å². The second-order valence-corrected chi connectivity index (χ2v) is 12.3. The lowest BCUT2D eigenvalue weighted by Gasteiger charge is -2.42. The van der Waals surface area contributed by atoms with Crippen molar-refractivity contribution < 1.29 is 8.42 Å². The summed E-state index contributed by atoms with van der Waals surface area (Å²) in [7, 11) is -2.86. The van der Waals surface area contributed by atoms with Gasteiger partial charge in [0.15, 0.2) is 0 Å². The van der Waals surface area contributed by atoms with E-state index >= 15 is 0 Å². The highest BCUT2D eigenvalue weighted by Gasteiger charge is 2.42. The molecule has 5 nitrogen and oxygen atoms in total. The van der Waals surface area contributed by atoms with Gasteiger partial charge in [0.25, 0.3) is 0 Å². The minimum atomic E-state index is -2.86. The van der Waals surface area contributed by atoms with Crippen LogP contribution in [0.3, 0.4) is 0 Å². The van der Waals surface area contributed by atoms with Gasteiger partial charge < -0.3 is 0 Å². The lowest BCUT2D eigenvalue weighted by molar-refractivity contribution is 0.0828. The maximum Gasteiger partial charge on any atom is 0.150 e. The first-order valence-electron chi connectivity index (χ1n) is 10.1. The highest BCUT2D eigenvalue weighted by atomic mass is 32.2. The van der Waals surface area contributed by atoms with Crippen molar-refractivity contribution in [1.82, 2.24) is 15.8 Å². The molecule has 0 radical (unpaired) electrons. The van der Waals surface area contributed by atoms with Crippen LogP contribution in [-0.2, 0) is 9.84 Å². The lowest BCUT2D eigenvalue weighted by atomic mass is 9.78. The molecule has 4 atom stereocenters. The fourth-order valence-corrected chi connectivity index (χ4v) is 7.75. The Bertz CT molecular complexity index is 557.